The number of halogens is 3. The highest BCUT2D eigenvalue weighted by Crippen LogP contribution is 2.19. The Kier molecular flexibility index (Phi) is 5.49. The number of ether oxygens (including phenoxy) is 1. The van der Waals surface area contributed by atoms with Crippen LogP contribution in [0.25, 0.3) is 0 Å². The number of amides is 3. The van der Waals surface area contributed by atoms with Gasteiger partial charge in [-0.3, -0.25) is 4.79 Å². The summed E-state index contributed by atoms with van der Waals surface area (Å²) in [5, 5.41) is 2.72. The molecule has 0 spiro atoms. The summed E-state index contributed by atoms with van der Waals surface area (Å²) in [5.41, 5.74) is 0. The number of rotatable bonds is 5. The van der Waals surface area contributed by atoms with E-state index in [4.69, 9.17) is 0 Å². The molecular weight excluding hydrogens is 303 g/mol. The van der Waals surface area contributed by atoms with Crippen molar-refractivity contribution in [3.8, 4) is 0 Å². The second-order valence-electron chi connectivity index (χ2n) is 5.48. The predicted molar refractivity (Wildman–Crippen MR) is 71.2 cm³/mol. The van der Waals surface area contributed by atoms with Crippen LogP contribution in [0.5, 0.6) is 0 Å². The van der Waals surface area contributed by atoms with E-state index in [1.165, 1.54) is 0 Å². The Bertz CT molecular complexity index is 417. The number of carbonyl (C=O) groups is 2. The third-order valence-electron chi connectivity index (χ3n) is 3.81. The number of urea groups is 1. The molecule has 9 heteroatoms. The Morgan fingerprint density at radius 2 is 2.14 bits per heavy atom. The summed E-state index contributed by atoms with van der Waals surface area (Å²) in [7, 11) is 0. The average Bonchev–Trinajstić information content (AvgIpc) is 2.89. The minimum Gasteiger partial charge on any atom is -0.372 e. The molecule has 0 radical (unpaired) electrons. The third kappa shape index (κ3) is 4.75. The van der Waals surface area contributed by atoms with Crippen molar-refractivity contribution >= 4 is 11.9 Å². The molecule has 6 nitrogen and oxygen atoms in total. The monoisotopic (exact) mass is 323 g/mol. The molecular formula is C13H20F3N3O3. The summed E-state index contributed by atoms with van der Waals surface area (Å²) in [5.74, 6) is -0.230. The van der Waals surface area contributed by atoms with E-state index in [1.807, 2.05) is 0 Å². The lowest BCUT2D eigenvalue weighted by Crippen LogP contribution is -2.50. The number of nitrogens with one attached hydrogen (secondary N) is 1. The van der Waals surface area contributed by atoms with Gasteiger partial charge >= 0.3 is 12.2 Å². The first-order chi connectivity index (χ1) is 10.4. The van der Waals surface area contributed by atoms with Crippen molar-refractivity contribution in [3.05, 3.63) is 0 Å². The summed E-state index contributed by atoms with van der Waals surface area (Å²) in [6.07, 6.45) is -2.83. The van der Waals surface area contributed by atoms with Crippen molar-refractivity contribution in [2.45, 2.75) is 31.5 Å². The molecule has 0 saturated carbocycles. The van der Waals surface area contributed by atoms with Crippen molar-refractivity contribution in [1.82, 2.24) is 15.1 Å². The highest BCUT2D eigenvalue weighted by atomic mass is 19.4. The molecule has 2 aliphatic heterocycles. The Morgan fingerprint density at radius 3 is 2.77 bits per heavy atom. The van der Waals surface area contributed by atoms with Crippen molar-refractivity contribution in [1.29, 1.82) is 0 Å². The van der Waals surface area contributed by atoms with Crippen LogP contribution in [-0.2, 0) is 9.53 Å². The second-order valence-corrected chi connectivity index (χ2v) is 5.48. The molecule has 2 fully saturated rings. The molecule has 2 saturated heterocycles. The normalized spacial score (nSPS) is 22.9. The van der Waals surface area contributed by atoms with Crippen LogP contribution < -0.4 is 5.32 Å². The SMILES string of the molecule is O=C(CCOCC(F)(F)F)N1CCCC(N2CCNC2=O)C1. The summed E-state index contributed by atoms with van der Waals surface area (Å²) in [6, 6.07) is -0.135. The zero-order valence-corrected chi connectivity index (χ0v) is 12.2. The predicted octanol–water partition coefficient (Wildman–Crippen LogP) is 0.972. The average molecular weight is 323 g/mol. The summed E-state index contributed by atoms with van der Waals surface area (Å²) < 4.78 is 40.3. The number of piperidine rings is 1. The Balaban J connectivity index is 1.74. The van der Waals surface area contributed by atoms with Gasteiger partial charge in [-0.15, -0.1) is 0 Å². The lowest BCUT2D eigenvalue weighted by Gasteiger charge is -2.37. The Morgan fingerprint density at radius 1 is 1.36 bits per heavy atom. The molecule has 1 unspecified atom stereocenters. The molecule has 2 rings (SSSR count). The lowest BCUT2D eigenvalue weighted by molar-refractivity contribution is -0.175. The number of hydrogen-bond acceptors (Lipinski definition) is 3. The van der Waals surface area contributed by atoms with Gasteiger partial charge in [-0.2, -0.15) is 13.2 Å². The summed E-state index contributed by atoms with van der Waals surface area (Å²) >= 11 is 0. The minimum atomic E-state index is -4.37. The van der Waals surface area contributed by atoms with Gasteiger partial charge in [-0.05, 0) is 12.8 Å². The van der Waals surface area contributed by atoms with Gasteiger partial charge in [0.05, 0.1) is 19.1 Å². The van der Waals surface area contributed by atoms with Gasteiger partial charge in [0.15, 0.2) is 0 Å². The van der Waals surface area contributed by atoms with Crippen LogP contribution in [0.3, 0.4) is 0 Å². The maximum absolute atomic E-state index is 12.0. The standard InChI is InChI=1S/C13H20F3N3O3/c14-13(15,16)9-22-7-3-11(20)18-5-1-2-10(8-18)19-6-4-17-12(19)21/h10H,1-9H2,(H,17,21). The smallest absolute Gasteiger partial charge is 0.372 e. The topological polar surface area (TPSA) is 61.9 Å². The summed E-state index contributed by atoms with van der Waals surface area (Å²) in [4.78, 5) is 27.0. The first-order valence-corrected chi connectivity index (χ1v) is 7.33. The lowest BCUT2D eigenvalue weighted by atomic mass is 10.0. The van der Waals surface area contributed by atoms with Gasteiger partial charge in [0, 0.05) is 26.2 Å². The molecule has 2 aliphatic rings. The van der Waals surface area contributed by atoms with E-state index in [2.05, 4.69) is 10.1 Å². The molecule has 0 bridgehead atoms. The minimum absolute atomic E-state index is 0.0173. The van der Waals surface area contributed by atoms with Crippen LogP contribution in [0.1, 0.15) is 19.3 Å². The highest BCUT2D eigenvalue weighted by Gasteiger charge is 2.33. The van der Waals surface area contributed by atoms with Crippen LogP contribution in [0, 0.1) is 0 Å². The number of alkyl halides is 3. The Hall–Kier alpha value is -1.51. The quantitative estimate of drug-likeness (QED) is 0.767. The van der Waals surface area contributed by atoms with Crippen molar-refractivity contribution in [3.63, 3.8) is 0 Å². The highest BCUT2D eigenvalue weighted by molar-refractivity contribution is 5.78. The van der Waals surface area contributed by atoms with Gasteiger partial charge in [0.2, 0.25) is 5.91 Å². The van der Waals surface area contributed by atoms with Crippen LogP contribution >= 0.6 is 0 Å². The zero-order chi connectivity index (χ0) is 16.2. The van der Waals surface area contributed by atoms with E-state index in [-0.39, 0.29) is 31.0 Å². The fourth-order valence-electron chi connectivity index (χ4n) is 2.78. The largest absolute Gasteiger partial charge is 0.411 e. The molecule has 22 heavy (non-hydrogen) atoms. The van der Waals surface area contributed by atoms with E-state index in [0.717, 1.165) is 12.8 Å². The van der Waals surface area contributed by atoms with Crippen molar-refractivity contribution < 1.29 is 27.5 Å². The van der Waals surface area contributed by atoms with Gasteiger partial charge in [0.25, 0.3) is 0 Å². The molecule has 2 heterocycles. The second kappa shape index (κ2) is 7.17. The molecule has 3 amide bonds. The Labute approximate surface area is 126 Å². The van der Waals surface area contributed by atoms with Gasteiger partial charge in [0.1, 0.15) is 6.61 Å². The van der Waals surface area contributed by atoms with E-state index in [1.54, 1.807) is 9.80 Å². The van der Waals surface area contributed by atoms with E-state index in [0.29, 0.717) is 26.2 Å². The van der Waals surface area contributed by atoms with Crippen LogP contribution in [0.4, 0.5) is 18.0 Å². The molecule has 1 atom stereocenters. The first kappa shape index (κ1) is 16.9. The number of nitrogens with zero attached hydrogens (tertiary/aromatic N) is 2. The van der Waals surface area contributed by atoms with Crippen molar-refractivity contribution in [2.24, 2.45) is 0 Å². The van der Waals surface area contributed by atoms with Gasteiger partial charge in [-0.1, -0.05) is 0 Å². The van der Waals surface area contributed by atoms with Crippen LogP contribution in [-0.4, -0.2) is 73.3 Å². The number of likely N-dealkylation sites (tertiary alicyclic amines) is 1. The van der Waals surface area contributed by atoms with Gasteiger partial charge in [-0.25, -0.2) is 4.79 Å². The maximum Gasteiger partial charge on any atom is 0.411 e. The summed E-state index contributed by atoms with van der Waals surface area (Å²) in [6.45, 7) is 0.658. The molecule has 0 aromatic rings. The third-order valence-corrected chi connectivity index (χ3v) is 3.81. The molecule has 0 aromatic heterocycles. The molecule has 1 N–H and O–H groups in total. The van der Waals surface area contributed by atoms with Crippen molar-refractivity contribution in [2.75, 3.05) is 39.4 Å². The van der Waals surface area contributed by atoms with E-state index >= 15 is 0 Å². The number of carbonyl (C=O) groups excluding carboxylic acids is 2. The van der Waals surface area contributed by atoms with E-state index in [9.17, 15) is 22.8 Å². The zero-order valence-electron chi connectivity index (χ0n) is 12.2. The molecule has 0 aromatic carbocycles. The fraction of sp³-hybridized carbons (Fsp3) is 0.846. The van der Waals surface area contributed by atoms with Gasteiger partial charge < -0.3 is 19.9 Å². The van der Waals surface area contributed by atoms with Crippen LogP contribution in [0.2, 0.25) is 0 Å². The molecule has 126 valence electrons. The first-order valence-electron chi connectivity index (χ1n) is 7.33. The van der Waals surface area contributed by atoms with Crippen LogP contribution in [0.15, 0.2) is 0 Å². The van der Waals surface area contributed by atoms with E-state index < -0.39 is 12.8 Å². The molecule has 0 aliphatic carbocycles. The number of hydrogen-bond donors (Lipinski definition) is 1. The maximum atomic E-state index is 12.0. The fourth-order valence-corrected chi connectivity index (χ4v) is 2.78.